The van der Waals surface area contributed by atoms with Gasteiger partial charge in [0.1, 0.15) is 12.4 Å². The largest absolute Gasteiger partial charge is 0.494 e. The molecule has 2 aromatic carbocycles. The van der Waals surface area contributed by atoms with Gasteiger partial charge in [-0.2, -0.15) is 0 Å². The summed E-state index contributed by atoms with van der Waals surface area (Å²) in [6.45, 7) is 3.25. The van der Waals surface area contributed by atoms with Crippen molar-refractivity contribution in [1.29, 1.82) is 0 Å². The molecule has 0 heterocycles. The van der Waals surface area contributed by atoms with Crippen LogP contribution in [-0.2, 0) is 16.1 Å². The van der Waals surface area contributed by atoms with Gasteiger partial charge in [0.2, 0.25) is 0 Å². The van der Waals surface area contributed by atoms with Gasteiger partial charge in [-0.3, -0.25) is 4.79 Å². The maximum atomic E-state index is 11.7. The van der Waals surface area contributed by atoms with Gasteiger partial charge in [-0.1, -0.05) is 80.1 Å². The molecule has 0 amide bonds. The molecule has 0 saturated carbocycles. The van der Waals surface area contributed by atoms with Crippen molar-refractivity contribution in [3.63, 3.8) is 0 Å². The van der Waals surface area contributed by atoms with Crippen molar-refractivity contribution in [2.24, 2.45) is 0 Å². The van der Waals surface area contributed by atoms with E-state index in [1.54, 1.807) is 0 Å². The number of hydrogen-bond donors (Lipinski definition) is 0. The Morgan fingerprint density at radius 2 is 1.41 bits per heavy atom. The van der Waals surface area contributed by atoms with Crippen LogP contribution in [0.5, 0.6) is 5.75 Å². The van der Waals surface area contributed by atoms with Crippen LogP contribution in [0, 0.1) is 6.92 Å². The summed E-state index contributed by atoms with van der Waals surface area (Å²) in [4.78, 5) is 11.7. The predicted octanol–water partition coefficient (Wildman–Crippen LogP) is 6.24. The Morgan fingerprint density at radius 1 is 0.778 bits per heavy atom. The zero-order valence-electron chi connectivity index (χ0n) is 16.5. The van der Waals surface area contributed by atoms with E-state index in [0.717, 1.165) is 37.2 Å². The van der Waals surface area contributed by atoms with E-state index in [-0.39, 0.29) is 5.97 Å². The first-order valence-corrected chi connectivity index (χ1v) is 10.1. The van der Waals surface area contributed by atoms with Gasteiger partial charge < -0.3 is 9.47 Å². The van der Waals surface area contributed by atoms with Crippen molar-refractivity contribution in [2.45, 2.75) is 64.9 Å². The molecule has 0 unspecified atom stereocenters. The first-order valence-electron chi connectivity index (χ1n) is 10.1. The number of aryl methyl sites for hydroxylation is 1. The van der Waals surface area contributed by atoms with Crippen LogP contribution in [0.4, 0.5) is 0 Å². The van der Waals surface area contributed by atoms with Crippen LogP contribution in [0.2, 0.25) is 0 Å². The van der Waals surface area contributed by atoms with Crippen LogP contribution < -0.4 is 4.74 Å². The lowest BCUT2D eigenvalue weighted by Crippen LogP contribution is -2.04. The minimum absolute atomic E-state index is 0.0906. The highest BCUT2D eigenvalue weighted by molar-refractivity contribution is 5.69. The molecule has 0 N–H and O–H groups in total. The molecule has 3 heteroatoms. The molecule has 27 heavy (non-hydrogen) atoms. The Kier molecular flexibility index (Phi) is 10.1. The maximum absolute atomic E-state index is 11.7. The molecule has 0 fully saturated rings. The molecule has 3 nitrogen and oxygen atoms in total. The fourth-order valence-corrected chi connectivity index (χ4v) is 2.89. The summed E-state index contributed by atoms with van der Waals surface area (Å²) in [5.41, 5.74) is 2.30. The molecule has 0 atom stereocenters. The van der Waals surface area contributed by atoms with Crippen LogP contribution in [0.3, 0.4) is 0 Å². The molecular formula is C24H32O3. The topological polar surface area (TPSA) is 35.5 Å². The second-order valence-corrected chi connectivity index (χ2v) is 7.03. The van der Waals surface area contributed by atoms with Crippen molar-refractivity contribution in [3.05, 3.63) is 65.7 Å². The lowest BCUT2D eigenvalue weighted by Gasteiger charge is -2.06. The van der Waals surface area contributed by atoms with E-state index in [1.165, 1.54) is 31.2 Å². The van der Waals surface area contributed by atoms with Gasteiger partial charge in [-0.25, -0.2) is 0 Å². The Hall–Kier alpha value is -2.29. The fourth-order valence-electron chi connectivity index (χ4n) is 2.89. The number of ether oxygens (including phenoxy) is 2. The lowest BCUT2D eigenvalue weighted by molar-refractivity contribution is -0.145. The molecule has 0 spiro atoms. The number of unbranched alkanes of at least 4 members (excludes halogenated alkanes) is 6. The standard InChI is InChI=1S/C24H32O3/c1-21-15-17-23(18-16-21)26-19-11-6-4-2-3-5-10-14-24(25)27-20-22-12-8-7-9-13-22/h7-9,12-13,15-18H,2-6,10-11,14,19-20H2,1H3. The van der Waals surface area contributed by atoms with Crippen LogP contribution in [0.25, 0.3) is 0 Å². The molecule has 0 aromatic heterocycles. The molecule has 0 radical (unpaired) electrons. The summed E-state index contributed by atoms with van der Waals surface area (Å²) in [5, 5.41) is 0. The molecule has 146 valence electrons. The van der Waals surface area contributed by atoms with E-state index in [2.05, 4.69) is 19.1 Å². The lowest BCUT2D eigenvalue weighted by atomic mass is 10.1. The Morgan fingerprint density at radius 3 is 2.11 bits per heavy atom. The minimum atomic E-state index is -0.0906. The zero-order valence-corrected chi connectivity index (χ0v) is 16.5. The molecule has 0 aliphatic rings. The van der Waals surface area contributed by atoms with E-state index in [0.29, 0.717) is 13.0 Å². The third-order valence-electron chi connectivity index (χ3n) is 4.56. The summed E-state index contributed by atoms with van der Waals surface area (Å²) < 4.78 is 11.0. The molecule has 2 aromatic rings. The van der Waals surface area contributed by atoms with Crippen LogP contribution in [0.15, 0.2) is 54.6 Å². The molecular weight excluding hydrogens is 336 g/mol. The van der Waals surface area contributed by atoms with Crippen molar-refractivity contribution in [2.75, 3.05) is 6.61 Å². The van der Waals surface area contributed by atoms with Gasteiger partial charge in [-0.15, -0.1) is 0 Å². The molecule has 0 aliphatic carbocycles. The molecule has 0 aliphatic heterocycles. The van der Waals surface area contributed by atoms with Gasteiger partial charge in [-0.05, 0) is 37.5 Å². The highest BCUT2D eigenvalue weighted by atomic mass is 16.5. The summed E-state index contributed by atoms with van der Waals surface area (Å²) in [5.74, 6) is 0.867. The molecule has 0 saturated heterocycles. The smallest absolute Gasteiger partial charge is 0.306 e. The highest BCUT2D eigenvalue weighted by Gasteiger charge is 2.03. The fraction of sp³-hybridized carbons (Fsp3) is 0.458. The van der Waals surface area contributed by atoms with E-state index >= 15 is 0 Å². The maximum Gasteiger partial charge on any atom is 0.306 e. The Bertz CT molecular complexity index is 634. The third kappa shape index (κ3) is 9.83. The van der Waals surface area contributed by atoms with Crippen molar-refractivity contribution in [1.82, 2.24) is 0 Å². The molecule has 0 bridgehead atoms. The number of hydrogen-bond acceptors (Lipinski definition) is 3. The van der Waals surface area contributed by atoms with Crippen LogP contribution in [-0.4, -0.2) is 12.6 Å². The summed E-state index contributed by atoms with van der Waals surface area (Å²) in [6, 6.07) is 18.0. The second kappa shape index (κ2) is 13.0. The van der Waals surface area contributed by atoms with Crippen molar-refractivity contribution in [3.8, 4) is 5.75 Å². The van der Waals surface area contributed by atoms with Gasteiger partial charge in [0.15, 0.2) is 0 Å². The zero-order chi connectivity index (χ0) is 19.2. The minimum Gasteiger partial charge on any atom is -0.494 e. The number of rotatable bonds is 13. The van der Waals surface area contributed by atoms with Crippen molar-refractivity contribution >= 4 is 5.97 Å². The normalized spacial score (nSPS) is 10.6. The number of esters is 1. The second-order valence-electron chi connectivity index (χ2n) is 7.03. The van der Waals surface area contributed by atoms with Gasteiger partial charge in [0, 0.05) is 6.42 Å². The highest BCUT2D eigenvalue weighted by Crippen LogP contribution is 2.13. The first-order chi connectivity index (χ1) is 13.2. The summed E-state index contributed by atoms with van der Waals surface area (Å²) in [7, 11) is 0. The molecule has 2 rings (SSSR count). The van der Waals surface area contributed by atoms with Gasteiger partial charge >= 0.3 is 5.97 Å². The Labute approximate surface area is 163 Å². The number of carbonyl (C=O) groups excluding carboxylic acids is 1. The van der Waals surface area contributed by atoms with Crippen LogP contribution in [0.1, 0.15) is 62.5 Å². The van der Waals surface area contributed by atoms with Crippen molar-refractivity contribution < 1.29 is 14.3 Å². The van der Waals surface area contributed by atoms with Crippen LogP contribution >= 0.6 is 0 Å². The summed E-state index contributed by atoms with van der Waals surface area (Å²) in [6.07, 6.45) is 8.48. The third-order valence-corrected chi connectivity index (χ3v) is 4.56. The number of benzene rings is 2. The summed E-state index contributed by atoms with van der Waals surface area (Å²) >= 11 is 0. The van der Waals surface area contributed by atoms with E-state index in [9.17, 15) is 4.79 Å². The first kappa shape index (κ1) is 21.0. The number of carbonyl (C=O) groups is 1. The monoisotopic (exact) mass is 368 g/mol. The SMILES string of the molecule is Cc1ccc(OCCCCCCCCCC(=O)OCc2ccccc2)cc1. The quantitative estimate of drug-likeness (QED) is 0.310. The predicted molar refractivity (Wildman–Crippen MR) is 110 cm³/mol. The average Bonchev–Trinajstić information content (AvgIpc) is 2.70. The van der Waals surface area contributed by atoms with E-state index in [4.69, 9.17) is 9.47 Å². The van der Waals surface area contributed by atoms with E-state index < -0.39 is 0 Å². The van der Waals surface area contributed by atoms with E-state index in [1.807, 2.05) is 42.5 Å². The van der Waals surface area contributed by atoms with Gasteiger partial charge in [0.25, 0.3) is 0 Å². The Balaban J connectivity index is 1.37. The van der Waals surface area contributed by atoms with Gasteiger partial charge in [0.05, 0.1) is 6.61 Å². The average molecular weight is 369 g/mol.